The summed E-state index contributed by atoms with van der Waals surface area (Å²) >= 11 is 11.8. The maximum absolute atomic E-state index is 12.5. The Hall–Kier alpha value is -1.26. The molecule has 0 aromatic heterocycles. The average Bonchev–Trinajstić information content (AvgIpc) is 2.87. The van der Waals surface area contributed by atoms with Crippen molar-refractivity contribution in [3.63, 3.8) is 0 Å². The zero-order valence-corrected chi connectivity index (χ0v) is 13.2. The van der Waals surface area contributed by atoms with Gasteiger partial charge >= 0.3 is 5.97 Å². The summed E-state index contributed by atoms with van der Waals surface area (Å²) in [5.74, 6) is -1.03. The Labute approximate surface area is 133 Å². The highest BCUT2D eigenvalue weighted by Crippen LogP contribution is 2.36. The minimum atomic E-state index is -0.825. The van der Waals surface area contributed by atoms with Crippen molar-refractivity contribution in [2.75, 3.05) is 13.1 Å². The van der Waals surface area contributed by atoms with Crippen LogP contribution in [-0.4, -0.2) is 35.0 Å². The SMILES string of the molecule is CCCC1(C(=O)O)CCN(C(=O)c2ccc(Cl)c(Cl)c2)C1. The molecular weight excluding hydrogens is 313 g/mol. The van der Waals surface area contributed by atoms with Crippen molar-refractivity contribution in [2.24, 2.45) is 5.41 Å². The number of halogens is 2. The lowest BCUT2D eigenvalue weighted by molar-refractivity contribution is -0.148. The molecule has 1 saturated heterocycles. The van der Waals surface area contributed by atoms with Gasteiger partial charge in [-0.15, -0.1) is 0 Å². The summed E-state index contributed by atoms with van der Waals surface area (Å²) < 4.78 is 0. The standard InChI is InChI=1S/C15H17Cl2NO3/c1-2-5-15(14(20)21)6-7-18(9-15)13(19)10-3-4-11(16)12(17)8-10/h3-4,8H,2,5-7,9H2,1H3,(H,20,21). The van der Waals surface area contributed by atoms with Gasteiger partial charge in [0.2, 0.25) is 0 Å². The molecule has 21 heavy (non-hydrogen) atoms. The molecule has 6 heteroatoms. The van der Waals surface area contributed by atoms with Crippen LogP contribution in [0.3, 0.4) is 0 Å². The Bertz CT molecular complexity index is 576. The number of hydrogen-bond acceptors (Lipinski definition) is 2. The van der Waals surface area contributed by atoms with E-state index in [0.29, 0.717) is 35.0 Å². The minimum absolute atomic E-state index is 0.201. The molecule has 0 aliphatic carbocycles. The van der Waals surface area contributed by atoms with Crippen LogP contribution in [-0.2, 0) is 4.79 Å². The van der Waals surface area contributed by atoms with E-state index in [0.717, 1.165) is 6.42 Å². The van der Waals surface area contributed by atoms with Gasteiger partial charge in [-0.05, 0) is 31.0 Å². The van der Waals surface area contributed by atoms with Crippen LogP contribution in [0.15, 0.2) is 18.2 Å². The third-order valence-electron chi connectivity index (χ3n) is 3.99. The molecule has 0 bridgehead atoms. The highest BCUT2D eigenvalue weighted by atomic mass is 35.5. The maximum Gasteiger partial charge on any atom is 0.311 e. The summed E-state index contributed by atoms with van der Waals surface area (Å²) in [5.41, 5.74) is -0.386. The lowest BCUT2D eigenvalue weighted by Crippen LogP contribution is -2.36. The van der Waals surface area contributed by atoms with Gasteiger partial charge in [-0.25, -0.2) is 0 Å². The number of carboxylic acids is 1. The quantitative estimate of drug-likeness (QED) is 0.915. The average molecular weight is 330 g/mol. The largest absolute Gasteiger partial charge is 0.481 e. The lowest BCUT2D eigenvalue weighted by atomic mass is 9.83. The molecule has 0 saturated carbocycles. The predicted octanol–water partition coefficient (Wildman–Crippen LogP) is 3.71. The van der Waals surface area contributed by atoms with E-state index in [-0.39, 0.29) is 12.5 Å². The van der Waals surface area contributed by atoms with Crippen molar-refractivity contribution in [3.8, 4) is 0 Å². The van der Waals surface area contributed by atoms with Crippen molar-refractivity contribution in [2.45, 2.75) is 26.2 Å². The molecule has 1 aromatic rings. The third kappa shape index (κ3) is 3.16. The van der Waals surface area contributed by atoms with Gasteiger partial charge < -0.3 is 10.0 Å². The number of benzene rings is 1. The smallest absolute Gasteiger partial charge is 0.311 e. The monoisotopic (exact) mass is 329 g/mol. The van der Waals surface area contributed by atoms with Gasteiger partial charge in [0.15, 0.2) is 0 Å². The van der Waals surface area contributed by atoms with E-state index in [1.807, 2.05) is 6.92 Å². The van der Waals surface area contributed by atoms with Crippen LogP contribution < -0.4 is 0 Å². The zero-order chi connectivity index (χ0) is 15.6. The lowest BCUT2D eigenvalue weighted by Gasteiger charge is -2.24. The second kappa shape index (κ2) is 6.24. The molecule has 1 aliphatic heterocycles. The minimum Gasteiger partial charge on any atom is -0.481 e. The van der Waals surface area contributed by atoms with Crippen molar-refractivity contribution in [3.05, 3.63) is 33.8 Å². The first-order chi connectivity index (χ1) is 9.89. The van der Waals surface area contributed by atoms with Crippen molar-refractivity contribution >= 4 is 35.1 Å². The summed E-state index contributed by atoms with van der Waals surface area (Å²) in [4.78, 5) is 25.6. The topological polar surface area (TPSA) is 57.6 Å². The summed E-state index contributed by atoms with van der Waals surface area (Å²) in [6.07, 6.45) is 1.85. The number of carbonyl (C=O) groups excluding carboxylic acids is 1. The Morgan fingerprint density at radius 2 is 2.05 bits per heavy atom. The van der Waals surface area contributed by atoms with Crippen LogP contribution in [0.2, 0.25) is 10.0 Å². The number of amides is 1. The van der Waals surface area contributed by atoms with Gasteiger partial charge in [0.05, 0.1) is 15.5 Å². The Kier molecular flexibility index (Phi) is 4.79. The van der Waals surface area contributed by atoms with Gasteiger partial charge in [-0.3, -0.25) is 9.59 Å². The summed E-state index contributed by atoms with van der Waals surface area (Å²) in [7, 11) is 0. The van der Waals surface area contributed by atoms with Crippen LogP contribution in [0.1, 0.15) is 36.5 Å². The molecule has 1 aromatic carbocycles. The molecule has 1 atom stereocenters. The van der Waals surface area contributed by atoms with Crippen LogP contribution in [0.25, 0.3) is 0 Å². The molecule has 2 rings (SSSR count). The van der Waals surface area contributed by atoms with Gasteiger partial charge in [-0.2, -0.15) is 0 Å². The molecule has 0 radical (unpaired) electrons. The molecule has 4 nitrogen and oxygen atoms in total. The van der Waals surface area contributed by atoms with E-state index >= 15 is 0 Å². The van der Waals surface area contributed by atoms with Crippen molar-refractivity contribution < 1.29 is 14.7 Å². The van der Waals surface area contributed by atoms with E-state index in [4.69, 9.17) is 23.2 Å². The second-order valence-electron chi connectivity index (χ2n) is 5.44. The van der Waals surface area contributed by atoms with Crippen LogP contribution >= 0.6 is 23.2 Å². The number of rotatable bonds is 4. The molecule has 114 valence electrons. The Morgan fingerprint density at radius 3 is 2.62 bits per heavy atom. The Balaban J connectivity index is 2.18. The maximum atomic E-state index is 12.5. The number of likely N-dealkylation sites (tertiary alicyclic amines) is 1. The zero-order valence-electron chi connectivity index (χ0n) is 11.7. The molecular formula is C15H17Cl2NO3. The fraction of sp³-hybridized carbons (Fsp3) is 0.467. The summed E-state index contributed by atoms with van der Waals surface area (Å²) in [6, 6.07) is 4.70. The van der Waals surface area contributed by atoms with E-state index in [2.05, 4.69) is 0 Å². The third-order valence-corrected chi connectivity index (χ3v) is 4.73. The highest BCUT2D eigenvalue weighted by molar-refractivity contribution is 6.42. The highest BCUT2D eigenvalue weighted by Gasteiger charge is 2.45. The number of hydrogen-bond donors (Lipinski definition) is 1. The number of aliphatic carboxylic acids is 1. The number of nitrogens with zero attached hydrogens (tertiary/aromatic N) is 1. The fourth-order valence-corrected chi connectivity index (χ4v) is 3.12. The molecule has 1 heterocycles. The summed E-state index contributed by atoms with van der Waals surface area (Å²) in [5, 5.41) is 10.2. The number of carbonyl (C=O) groups is 2. The Morgan fingerprint density at radius 1 is 1.33 bits per heavy atom. The van der Waals surface area contributed by atoms with E-state index in [1.54, 1.807) is 17.0 Å². The van der Waals surface area contributed by atoms with E-state index in [9.17, 15) is 14.7 Å². The predicted molar refractivity (Wildman–Crippen MR) is 82.0 cm³/mol. The molecule has 0 spiro atoms. The fourth-order valence-electron chi connectivity index (χ4n) is 2.82. The first-order valence-electron chi connectivity index (χ1n) is 6.87. The molecule has 1 fully saturated rings. The van der Waals surface area contributed by atoms with Crippen LogP contribution in [0, 0.1) is 5.41 Å². The van der Waals surface area contributed by atoms with Crippen molar-refractivity contribution in [1.29, 1.82) is 0 Å². The molecule has 1 N–H and O–H groups in total. The molecule has 1 amide bonds. The second-order valence-corrected chi connectivity index (χ2v) is 6.26. The first-order valence-corrected chi connectivity index (χ1v) is 7.63. The van der Waals surface area contributed by atoms with Gasteiger partial charge in [0.25, 0.3) is 5.91 Å². The van der Waals surface area contributed by atoms with Gasteiger partial charge in [-0.1, -0.05) is 36.5 Å². The normalized spacial score (nSPS) is 21.6. The van der Waals surface area contributed by atoms with Crippen LogP contribution in [0.4, 0.5) is 0 Å². The van der Waals surface area contributed by atoms with E-state index in [1.165, 1.54) is 6.07 Å². The first kappa shape index (κ1) is 16.1. The summed E-state index contributed by atoms with van der Waals surface area (Å²) in [6.45, 7) is 2.65. The molecule has 1 aliphatic rings. The van der Waals surface area contributed by atoms with Gasteiger partial charge in [0, 0.05) is 18.7 Å². The number of carboxylic acid groups (broad SMARTS) is 1. The van der Waals surface area contributed by atoms with Crippen molar-refractivity contribution in [1.82, 2.24) is 4.90 Å². The molecule has 1 unspecified atom stereocenters. The van der Waals surface area contributed by atoms with Crippen LogP contribution in [0.5, 0.6) is 0 Å². The van der Waals surface area contributed by atoms with E-state index < -0.39 is 11.4 Å². The van der Waals surface area contributed by atoms with Gasteiger partial charge in [0.1, 0.15) is 0 Å².